The topological polar surface area (TPSA) is 7.76 Å². The van der Waals surface area contributed by atoms with Crippen molar-refractivity contribution >= 4 is 21.7 Å². The normalized spacial score (nSPS) is 18.5. The van der Waals surface area contributed by atoms with Crippen molar-refractivity contribution in [2.24, 2.45) is 0 Å². The first-order valence-electron chi connectivity index (χ1n) is 17.4. The second kappa shape index (κ2) is 8.13. The fourth-order valence-electron chi connectivity index (χ4n) is 10.1. The summed E-state index contributed by atoms with van der Waals surface area (Å²) in [7, 11) is 0. The van der Waals surface area contributed by atoms with Crippen LogP contribution in [0, 0.1) is 0 Å². The summed E-state index contributed by atoms with van der Waals surface area (Å²) in [5.41, 5.74) is 16.9. The molecule has 1 unspecified atom stereocenters. The van der Waals surface area contributed by atoms with Crippen LogP contribution in [0.4, 0.5) is 0 Å². The van der Waals surface area contributed by atoms with Gasteiger partial charge < -0.3 is 0 Å². The van der Waals surface area contributed by atoms with Crippen molar-refractivity contribution < 1.29 is 9.13 Å². The molecule has 11 rings (SSSR count). The third-order valence-electron chi connectivity index (χ3n) is 12.2. The van der Waals surface area contributed by atoms with E-state index in [1.54, 1.807) is 0 Å². The highest BCUT2D eigenvalue weighted by atomic mass is 15.3. The van der Waals surface area contributed by atoms with Gasteiger partial charge in [-0.25, -0.2) is 0 Å². The zero-order valence-electron chi connectivity index (χ0n) is 28.4. The molecule has 2 aliphatic carbocycles. The number of aromatic nitrogens is 2. The summed E-state index contributed by atoms with van der Waals surface area (Å²) in [6, 6.07) is 42.6. The molecule has 4 aliphatic rings. The number of fused-ring (bicyclic) bond motifs is 9. The Morgan fingerprint density at radius 2 is 1.15 bits per heavy atom. The van der Waals surface area contributed by atoms with Gasteiger partial charge in [0, 0.05) is 23.6 Å². The standard InChI is InChI=1S/C46H38N2/c1-43(2,3)29-21-23-47-38(26-29)33-24-30(44(4,5)6)25-37-40(33)46(47)41-36(20-19-27-17-18-28-12-11-22-48(46)42(28)39(27)41)45(37)34-15-9-7-13-31(34)32-14-8-10-16-35(32)45/h7-26H,1-6H3/q+2. The lowest BCUT2D eigenvalue weighted by Crippen LogP contribution is -2.73. The first-order valence-corrected chi connectivity index (χ1v) is 17.4. The largest absolute Gasteiger partial charge is 0.418 e. The maximum Gasteiger partial charge on any atom is 0.418 e. The zero-order chi connectivity index (χ0) is 32.5. The maximum absolute atomic E-state index is 2.64. The molecule has 0 amide bonds. The SMILES string of the molecule is CC(C)(C)c1cc2c3c(c1)C1(c4ccccc4-c4ccccc41)c1ccc4ccc5ccc[n+]6c5c4c1C36[n+]1ccc(C(C)(C)C)cc1-2. The molecular formula is C46H38N2+2. The number of benzene rings is 5. The predicted octanol–water partition coefficient (Wildman–Crippen LogP) is 9.43. The fraction of sp³-hybridized carbons (Fsp3) is 0.217. The minimum Gasteiger partial charge on any atom is -0.125 e. The summed E-state index contributed by atoms with van der Waals surface area (Å²) in [6.45, 7) is 14.1. The van der Waals surface area contributed by atoms with Crippen LogP contribution in [0.5, 0.6) is 0 Å². The summed E-state index contributed by atoms with van der Waals surface area (Å²) in [5.74, 6) is 0. The first kappa shape index (κ1) is 26.9. The van der Waals surface area contributed by atoms with Crippen LogP contribution in [0.15, 0.2) is 122 Å². The van der Waals surface area contributed by atoms with Crippen molar-refractivity contribution in [3.63, 3.8) is 0 Å². The summed E-state index contributed by atoms with van der Waals surface area (Å²) in [5, 5.41) is 3.99. The Morgan fingerprint density at radius 1 is 0.479 bits per heavy atom. The van der Waals surface area contributed by atoms with Crippen molar-refractivity contribution in [3.05, 3.63) is 166 Å². The first-order chi connectivity index (χ1) is 23.1. The summed E-state index contributed by atoms with van der Waals surface area (Å²) < 4.78 is 5.27. The van der Waals surface area contributed by atoms with Crippen molar-refractivity contribution in [2.75, 3.05) is 0 Å². The molecule has 2 nitrogen and oxygen atoms in total. The van der Waals surface area contributed by atoms with Gasteiger partial charge in [0.2, 0.25) is 11.2 Å². The molecule has 2 aromatic heterocycles. The Bertz CT molecular complexity index is 2600. The minimum absolute atomic E-state index is 0.0255. The van der Waals surface area contributed by atoms with E-state index < -0.39 is 11.1 Å². The van der Waals surface area contributed by atoms with Gasteiger partial charge in [0.25, 0.3) is 0 Å². The summed E-state index contributed by atoms with van der Waals surface area (Å²) >= 11 is 0. The monoisotopic (exact) mass is 618 g/mol. The third kappa shape index (κ3) is 2.75. The molecule has 7 aromatic rings. The average Bonchev–Trinajstić information content (AvgIpc) is 3.67. The number of hydrogen-bond acceptors (Lipinski definition) is 0. The Morgan fingerprint density at radius 3 is 1.85 bits per heavy atom. The van der Waals surface area contributed by atoms with Gasteiger partial charge >= 0.3 is 5.66 Å². The highest BCUT2D eigenvalue weighted by molar-refractivity contribution is 6.09. The van der Waals surface area contributed by atoms with Gasteiger partial charge in [-0.15, -0.1) is 9.13 Å². The predicted molar refractivity (Wildman–Crippen MR) is 194 cm³/mol. The Balaban J connectivity index is 1.46. The number of rotatable bonds is 0. The molecule has 0 bridgehead atoms. The lowest BCUT2D eigenvalue weighted by molar-refractivity contribution is -0.950. The summed E-state index contributed by atoms with van der Waals surface area (Å²) in [4.78, 5) is 0. The van der Waals surface area contributed by atoms with E-state index in [4.69, 9.17) is 0 Å². The molecule has 0 radical (unpaired) electrons. The zero-order valence-corrected chi connectivity index (χ0v) is 28.4. The van der Waals surface area contributed by atoms with Gasteiger partial charge in [-0.3, -0.25) is 0 Å². The maximum atomic E-state index is 2.64. The van der Waals surface area contributed by atoms with Crippen molar-refractivity contribution in [1.29, 1.82) is 0 Å². The fourth-order valence-corrected chi connectivity index (χ4v) is 10.1. The molecule has 230 valence electrons. The van der Waals surface area contributed by atoms with Crippen LogP contribution in [0.1, 0.15) is 86.1 Å². The Labute approximate surface area is 282 Å². The average molecular weight is 619 g/mol. The van der Waals surface area contributed by atoms with E-state index in [2.05, 4.69) is 172 Å². The van der Waals surface area contributed by atoms with E-state index in [0.717, 1.165) is 0 Å². The highest BCUT2D eigenvalue weighted by Gasteiger charge is 2.73. The lowest BCUT2D eigenvalue weighted by Gasteiger charge is -2.41. The van der Waals surface area contributed by atoms with E-state index in [0.29, 0.717) is 0 Å². The van der Waals surface area contributed by atoms with Crippen molar-refractivity contribution in [2.45, 2.75) is 63.5 Å². The molecule has 0 N–H and O–H groups in total. The van der Waals surface area contributed by atoms with Crippen LogP contribution in [0.3, 0.4) is 0 Å². The van der Waals surface area contributed by atoms with Crippen LogP contribution < -0.4 is 9.13 Å². The molecule has 1 atom stereocenters. The second-order valence-corrected chi connectivity index (χ2v) is 16.6. The van der Waals surface area contributed by atoms with E-state index in [-0.39, 0.29) is 10.8 Å². The van der Waals surface area contributed by atoms with Gasteiger partial charge in [0.15, 0.2) is 12.4 Å². The molecule has 5 aromatic carbocycles. The van der Waals surface area contributed by atoms with E-state index in [9.17, 15) is 0 Å². The molecule has 0 fully saturated rings. The van der Waals surface area contributed by atoms with Gasteiger partial charge in [-0.1, -0.05) is 114 Å². The van der Waals surface area contributed by atoms with Crippen molar-refractivity contribution in [1.82, 2.24) is 0 Å². The Kier molecular flexibility index (Phi) is 4.56. The molecule has 48 heavy (non-hydrogen) atoms. The molecule has 2 spiro atoms. The minimum atomic E-state index is -0.539. The number of nitrogens with zero attached hydrogens (tertiary/aromatic N) is 2. The lowest BCUT2D eigenvalue weighted by atomic mass is 9.58. The molecule has 4 heterocycles. The van der Waals surface area contributed by atoms with E-state index >= 15 is 0 Å². The van der Waals surface area contributed by atoms with Crippen molar-refractivity contribution in [3.8, 4) is 22.4 Å². The van der Waals surface area contributed by atoms with Crippen LogP contribution in [0.25, 0.3) is 44.1 Å². The van der Waals surface area contributed by atoms with Crippen LogP contribution >= 0.6 is 0 Å². The molecule has 0 saturated heterocycles. The Hall–Kier alpha value is -5.08. The van der Waals surface area contributed by atoms with Crippen LogP contribution in [0.2, 0.25) is 0 Å². The molecule has 2 heteroatoms. The van der Waals surface area contributed by atoms with Crippen LogP contribution in [-0.2, 0) is 21.9 Å². The molecule has 0 saturated carbocycles. The highest BCUT2D eigenvalue weighted by Crippen LogP contribution is 2.65. The second-order valence-electron chi connectivity index (χ2n) is 16.6. The summed E-state index contributed by atoms with van der Waals surface area (Å²) in [6.07, 6.45) is 4.76. The van der Waals surface area contributed by atoms with Gasteiger partial charge in [0.05, 0.1) is 16.4 Å². The van der Waals surface area contributed by atoms with Gasteiger partial charge in [-0.05, 0) is 78.9 Å². The van der Waals surface area contributed by atoms with E-state index in [1.165, 1.54) is 88.6 Å². The van der Waals surface area contributed by atoms with E-state index in [1.807, 2.05) is 0 Å². The van der Waals surface area contributed by atoms with Crippen LogP contribution in [-0.4, -0.2) is 0 Å². The molecular weight excluding hydrogens is 581 g/mol. The smallest absolute Gasteiger partial charge is 0.125 e. The number of hydrogen-bond donors (Lipinski definition) is 0. The third-order valence-corrected chi connectivity index (χ3v) is 12.2. The molecule has 2 aliphatic heterocycles. The van der Waals surface area contributed by atoms with Gasteiger partial charge in [0.1, 0.15) is 11.1 Å². The quantitative estimate of drug-likeness (QED) is 0.118. The number of pyridine rings is 2. The van der Waals surface area contributed by atoms with Gasteiger partial charge in [-0.2, -0.15) is 0 Å².